The highest BCUT2D eigenvalue weighted by Gasteiger charge is 2.29. The Labute approximate surface area is 100 Å². The zero-order valence-corrected chi connectivity index (χ0v) is 9.86. The van der Waals surface area contributed by atoms with Crippen LogP contribution in [0.5, 0.6) is 0 Å². The van der Waals surface area contributed by atoms with Crippen molar-refractivity contribution >= 4 is 11.7 Å². The molecule has 0 radical (unpaired) electrons. The van der Waals surface area contributed by atoms with Gasteiger partial charge in [-0.05, 0) is 31.5 Å². The van der Waals surface area contributed by atoms with Crippen LogP contribution >= 0.6 is 0 Å². The van der Waals surface area contributed by atoms with Crippen LogP contribution < -0.4 is 4.90 Å². The van der Waals surface area contributed by atoms with Crippen molar-refractivity contribution in [3.8, 4) is 0 Å². The lowest BCUT2D eigenvalue weighted by Crippen LogP contribution is -2.24. The van der Waals surface area contributed by atoms with Gasteiger partial charge in [0.1, 0.15) is 5.82 Å². The van der Waals surface area contributed by atoms with E-state index in [-0.39, 0.29) is 17.7 Å². The third-order valence-corrected chi connectivity index (χ3v) is 2.98. The van der Waals surface area contributed by atoms with E-state index < -0.39 is 0 Å². The van der Waals surface area contributed by atoms with E-state index in [2.05, 4.69) is 0 Å². The van der Waals surface area contributed by atoms with Crippen molar-refractivity contribution in [3.63, 3.8) is 0 Å². The maximum absolute atomic E-state index is 13.1. The molecule has 1 fully saturated rings. The molecule has 92 valence electrons. The number of hydrogen-bond acceptors (Lipinski definition) is 3. The van der Waals surface area contributed by atoms with Crippen LogP contribution in [0.15, 0.2) is 24.3 Å². The van der Waals surface area contributed by atoms with Gasteiger partial charge in [0.05, 0.1) is 12.5 Å². The largest absolute Gasteiger partial charge is 0.466 e. The summed E-state index contributed by atoms with van der Waals surface area (Å²) in [5.41, 5.74) is 0.830. The van der Waals surface area contributed by atoms with Crippen LogP contribution in [0.25, 0.3) is 0 Å². The molecule has 1 atom stereocenters. The minimum absolute atomic E-state index is 0.0850. The molecule has 0 aliphatic carbocycles. The van der Waals surface area contributed by atoms with E-state index in [9.17, 15) is 9.18 Å². The Balaban J connectivity index is 2.00. The van der Waals surface area contributed by atoms with Crippen molar-refractivity contribution < 1.29 is 13.9 Å². The smallest absolute Gasteiger partial charge is 0.310 e. The summed E-state index contributed by atoms with van der Waals surface area (Å²) in [4.78, 5) is 13.6. The van der Waals surface area contributed by atoms with Gasteiger partial charge >= 0.3 is 5.97 Å². The fourth-order valence-electron chi connectivity index (χ4n) is 2.12. The topological polar surface area (TPSA) is 29.5 Å². The van der Waals surface area contributed by atoms with Crippen molar-refractivity contribution in [1.29, 1.82) is 0 Å². The minimum Gasteiger partial charge on any atom is -0.466 e. The summed E-state index contributed by atoms with van der Waals surface area (Å²) >= 11 is 0. The SMILES string of the molecule is CCOC(=O)C1CCN(c2cccc(F)c2)C1. The second-order valence-electron chi connectivity index (χ2n) is 4.16. The Morgan fingerprint density at radius 3 is 3.12 bits per heavy atom. The minimum atomic E-state index is -0.248. The summed E-state index contributed by atoms with van der Waals surface area (Å²) in [6, 6.07) is 6.45. The predicted octanol–water partition coefficient (Wildman–Crippen LogP) is 2.22. The highest BCUT2D eigenvalue weighted by atomic mass is 19.1. The van der Waals surface area contributed by atoms with Crippen LogP contribution in [0.3, 0.4) is 0 Å². The fourth-order valence-corrected chi connectivity index (χ4v) is 2.12. The van der Waals surface area contributed by atoms with Crippen LogP contribution in [0, 0.1) is 11.7 Å². The molecule has 1 aromatic rings. The number of benzene rings is 1. The molecule has 1 heterocycles. The van der Waals surface area contributed by atoms with Crippen molar-refractivity contribution in [2.24, 2.45) is 5.92 Å². The number of carbonyl (C=O) groups excluding carboxylic acids is 1. The molecule has 0 bridgehead atoms. The zero-order valence-electron chi connectivity index (χ0n) is 9.86. The van der Waals surface area contributed by atoms with Gasteiger partial charge < -0.3 is 9.64 Å². The number of ether oxygens (including phenoxy) is 1. The standard InChI is InChI=1S/C13H16FNO2/c1-2-17-13(16)10-6-7-15(9-10)12-5-3-4-11(14)8-12/h3-5,8,10H,2,6-7,9H2,1H3. The Hall–Kier alpha value is -1.58. The normalized spacial score (nSPS) is 19.4. The van der Waals surface area contributed by atoms with Crippen molar-refractivity contribution in [3.05, 3.63) is 30.1 Å². The third-order valence-electron chi connectivity index (χ3n) is 2.98. The Morgan fingerprint density at radius 2 is 2.41 bits per heavy atom. The van der Waals surface area contributed by atoms with Crippen molar-refractivity contribution in [1.82, 2.24) is 0 Å². The van der Waals surface area contributed by atoms with Gasteiger partial charge in [-0.25, -0.2) is 4.39 Å². The van der Waals surface area contributed by atoms with Gasteiger partial charge in [0, 0.05) is 18.8 Å². The summed E-state index contributed by atoms with van der Waals surface area (Å²) < 4.78 is 18.1. The Kier molecular flexibility index (Phi) is 3.61. The first-order valence-corrected chi connectivity index (χ1v) is 5.88. The van der Waals surface area contributed by atoms with E-state index in [1.165, 1.54) is 12.1 Å². The van der Waals surface area contributed by atoms with Crippen LogP contribution in [0.2, 0.25) is 0 Å². The number of nitrogens with zero attached hydrogens (tertiary/aromatic N) is 1. The first kappa shape index (κ1) is 11.9. The molecule has 0 spiro atoms. The summed E-state index contributed by atoms with van der Waals surface area (Å²) in [6.45, 7) is 3.60. The van der Waals surface area contributed by atoms with Crippen LogP contribution in [-0.4, -0.2) is 25.7 Å². The molecule has 3 nitrogen and oxygen atoms in total. The monoisotopic (exact) mass is 237 g/mol. The lowest BCUT2D eigenvalue weighted by molar-refractivity contribution is -0.147. The van der Waals surface area contributed by atoms with E-state index in [1.807, 2.05) is 11.0 Å². The maximum atomic E-state index is 13.1. The molecule has 0 aromatic heterocycles. The molecular formula is C13H16FNO2. The molecule has 1 aliphatic heterocycles. The molecule has 4 heteroatoms. The van der Waals surface area contributed by atoms with Crippen LogP contribution in [0.1, 0.15) is 13.3 Å². The first-order chi connectivity index (χ1) is 8.20. The van der Waals surface area contributed by atoms with E-state index >= 15 is 0 Å². The number of carbonyl (C=O) groups is 1. The van der Waals surface area contributed by atoms with Crippen LogP contribution in [0.4, 0.5) is 10.1 Å². The number of esters is 1. The van der Waals surface area contributed by atoms with Crippen molar-refractivity contribution in [2.45, 2.75) is 13.3 Å². The highest BCUT2D eigenvalue weighted by Crippen LogP contribution is 2.24. The molecule has 1 aliphatic rings. The van der Waals surface area contributed by atoms with Gasteiger partial charge in [0.15, 0.2) is 0 Å². The molecular weight excluding hydrogens is 221 g/mol. The van der Waals surface area contributed by atoms with Gasteiger partial charge in [0.2, 0.25) is 0 Å². The Morgan fingerprint density at radius 1 is 1.59 bits per heavy atom. The predicted molar refractivity (Wildman–Crippen MR) is 63.4 cm³/mol. The quantitative estimate of drug-likeness (QED) is 0.755. The Bertz CT molecular complexity index is 408. The molecule has 1 unspecified atom stereocenters. The van der Waals surface area contributed by atoms with Crippen molar-refractivity contribution in [2.75, 3.05) is 24.6 Å². The average molecular weight is 237 g/mol. The van der Waals surface area contributed by atoms with Gasteiger partial charge in [-0.1, -0.05) is 6.07 Å². The van der Waals surface area contributed by atoms with Gasteiger partial charge in [0.25, 0.3) is 0 Å². The van der Waals surface area contributed by atoms with Gasteiger partial charge in [-0.15, -0.1) is 0 Å². The maximum Gasteiger partial charge on any atom is 0.310 e. The third kappa shape index (κ3) is 2.75. The number of anilines is 1. The summed E-state index contributed by atoms with van der Waals surface area (Å²) in [5, 5.41) is 0. The van der Waals surface area contributed by atoms with E-state index in [1.54, 1.807) is 13.0 Å². The summed E-state index contributed by atoms with van der Waals surface area (Å²) in [5.74, 6) is -0.480. The van der Waals surface area contributed by atoms with Gasteiger partial charge in [-0.2, -0.15) is 0 Å². The number of rotatable bonds is 3. The average Bonchev–Trinajstić information content (AvgIpc) is 2.78. The molecule has 1 aromatic carbocycles. The van der Waals surface area contributed by atoms with E-state index in [0.717, 1.165) is 18.7 Å². The lowest BCUT2D eigenvalue weighted by Gasteiger charge is -2.18. The first-order valence-electron chi connectivity index (χ1n) is 5.88. The van der Waals surface area contributed by atoms with E-state index in [0.29, 0.717) is 13.2 Å². The second kappa shape index (κ2) is 5.17. The number of halogens is 1. The lowest BCUT2D eigenvalue weighted by atomic mass is 10.1. The number of hydrogen-bond donors (Lipinski definition) is 0. The van der Waals surface area contributed by atoms with Crippen LogP contribution in [-0.2, 0) is 9.53 Å². The summed E-state index contributed by atoms with van der Waals surface area (Å²) in [6.07, 6.45) is 0.773. The molecule has 0 saturated carbocycles. The second-order valence-corrected chi connectivity index (χ2v) is 4.16. The highest BCUT2D eigenvalue weighted by molar-refractivity contribution is 5.74. The van der Waals surface area contributed by atoms with Gasteiger partial charge in [-0.3, -0.25) is 4.79 Å². The zero-order chi connectivity index (χ0) is 12.3. The molecule has 17 heavy (non-hydrogen) atoms. The van der Waals surface area contributed by atoms with E-state index in [4.69, 9.17) is 4.74 Å². The summed E-state index contributed by atoms with van der Waals surface area (Å²) in [7, 11) is 0. The fraction of sp³-hybridized carbons (Fsp3) is 0.462. The molecule has 2 rings (SSSR count). The molecule has 0 amide bonds. The molecule has 1 saturated heterocycles. The molecule has 0 N–H and O–H groups in total.